The molecule has 2 N–H and O–H groups in total. The quantitative estimate of drug-likeness (QED) is 0.821. The van der Waals surface area contributed by atoms with Crippen LogP contribution < -0.4 is 5.73 Å². The molecule has 0 aliphatic carbocycles. The lowest BCUT2D eigenvalue weighted by atomic mass is 9.82. The van der Waals surface area contributed by atoms with E-state index in [-0.39, 0.29) is 0 Å². The average molecular weight is 219 g/mol. The molecule has 1 aromatic carbocycles. The SMILES string of the molecule is Cc1cc(C)c(C(CCN)C(C)C)cc1C. The Balaban J connectivity index is 3.13. The van der Waals surface area contributed by atoms with Crippen molar-refractivity contribution < 1.29 is 0 Å². The van der Waals surface area contributed by atoms with E-state index in [1.807, 2.05) is 0 Å². The van der Waals surface area contributed by atoms with Crippen LogP contribution in [0.4, 0.5) is 0 Å². The van der Waals surface area contributed by atoms with Crippen LogP contribution >= 0.6 is 0 Å². The predicted molar refractivity (Wildman–Crippen MR) is 71.9 cm³/mol. The van der Waals surface area contributed by atoms with E-state index in [0.717, 1.165) is 13.0 Å². The Hall–Kier alpha value is -0.820. The third-order valence-corrected chi connectivity index (χ3v) is 3.56. The van der Waals surface area contributed by atoms with Crippen LogP contribution in [-0.4, -0.2) is 6.54 Å². The third kappa shape index (κ3) is 2.85. The van der Waals surface area contributed by atoms with Gasteiger partial charge in [-0.15, -0.1) is 0 Å². The highest BCUT2D eigenvalue weighted by Gasteiger charge is 2.17. The number of benzene rings is 1. The zero-order valence-corrected chi connectivity index (χ0v) is 11.3. The molecule has 0 saturated carbocycles. The van der Waals surface area contributed by atoms with Gasteiger partial charge in [0.15, 0.2) is 0 Å². The highest BCUT2D eigenvalue weighted by molar-refractivity contribution is 5.38. The Labute approximate surface area is 100 Å². The van der Waals surface area contributed by atoms with Gasteiger partial charge in [0, 0.05) is 0 Å². The average Bonchev–Trinajstić information content (AvgIpc) is 2.20. The van der Waals surface area contributed by atoms with Crippen LogP contribution in [0.15, 0.2) is 12.1 Å². The largest absolute Gasteiger partial charge is 0.330 e. The summed E-state index contributed by atoms with van der Waals surface area (Å²) < 4.78 is 0. The van der Waals surface area contributed by atoms with Gasteiger partial charge in [0.25, 0.3) is 0 Å². The van der Waals surface area contributed by atoms with Crippen molar-refractivity contribution in [1.29, 1.82) is 0 Å². The van der Waals surface area contributed by atoms with Gasteiger partial charge in [-0.1, -0.05) is 26.0 Å². The monoisotopic (exact) mass is 219 g/mol. The Morgan fingerprint density at radius 1 is 1.00 bits per heavy atom. The number of nitrogens with two attached hydrogens (primary N) is 1. The van der Waals surface area contributed by atoms with Crippen LogP contribution in [0.1, 0.15) is 48.4 Å². The minimum absolute atomic E-state index is 0.601. The second kappa shape index (κ2) is 5.49. The van der Waals surface area contributed by atoms with Crippen molar-refractivity contribution in [2.24, 2.45) is 11.7 Å². The Morgan fingerprint density at radius 3 is 2.06 bits per heavy atom. The van der Waals surface area contributed by atoms with Crippen LogP contribution in [0.2, 0.25) is 0 Å². The lowest BCUT2D eigenvalue weighted by Crippen LogP contribution is -2.14. The highest BCUT2D eigenvalue weighted by Crippen LogP contribution is 2.31. The van der Waals surface area contributed by atoms with Crippen LogP contribution in [0.25, 0.3) is 0 Å². The molecule has 0 fully saturated rings. The summed E-state index contributed by atoms with van der Waals surface area (Å²) in [5.74, 6) is 1.26. The Morgan fingerprint density at radius 2 is 1.56 bits per heavy atom. The van der Waals surface area contributed by atoms with E-state index in [9.17, 15) is 0 Å². The Bertz CT molecular complexity index is 353. The molecule has 0 amide bonds. The molecule has 0 spiro atoms. The number of hydrogen-bond donors (Lipinski definition) is 1. The summed E-state index contributed by atoms with van der Waals surface area (Å²) in [6, 6.07) is 4.65. The van der Waals surface area contributed by atoms with Crippen LogP contribution in [-0.2, 0) is 0 Å². The zero-order chi connectivity index (χ0) is 12.3. The van der Waals surface area contributed by atoms with E-state index >= 15 is 0 Å². The van der Waals surface area contributed by atoms with Crippen molar-refractivity contribution in [2.75, 3.05) is 6.54 Å². The fraction of sp³-hybridized carbons (Fsp3) is 0.600. The second-order valence-corrected chi connectivity index (χ2v) is 5.22. The molecule has 1 heteroatoms. The summed E-state index contributed by atoms with van der Waals surface area (Å²) in [5.41, 5.74) is 11.4. The topological polar surface area (TPSA) is 26.0 Å². The summed E-state index contributed by atoms with van der Waals surface area (Å²) >= 11 is 0. The first-order chi connectivity index (χ1) is 7.47. The summed E-state index contributed by atoms with van der Waals surface area (Å²) in [6.45, 7) is 11.9. The number of aryl methyl sites for hydroxylation is 3. The van der Waals surface area contributed by atoms with E-state index in [0.29, 0.717) is 11.8 Å². The summed E-state index contributed by atoms with van der Waals surface area (Å²) in [5, 5.41) is 0. The smallest absolute Gasteiger partial charge is 0.00713 e. The minimum atomic E-state index is 0.601. The first-order valence-corrected chi connectivity index (χ1v) is 6.25. The lowest BCUT2D eigenvalue weighted by molar-refractivity contribution is 0.471. The van der Waals surface area contributed by atoms with Gasteiger partial charge in [0.1, 0.15) is 0 Å². The lowest BCUT2D eigenvalue weighted by Gasteiger charge is -2.23. The normalized spacial score (nSPS) is 13.2. The number of rotatable bonds is 4. The molecule has 0 heterocycles. The summed E-state index contributed by atoms with van der Waals surface area (Å²) in [7, 11) is 0. The molecule has 0 bridgehead atoms. The van der Waals surface area contributed by atoms with E-state index in [2.05, 4.69) is 46.8 Å². The zero-order valence-electron chi connectivity index (χ0n) is 11.3. The molecule has 90 valence electrons. The van der Waals surface area contributed by atoms with E-state index in [1.54, 1.807) is 0 Å². The van der Waals surface area contributed by atoms with E-state index < -0.39 is 0 Å². The summed E-state index contributed by atoms with van der Waals surface area (Å²) in [4.78, 5) is 0. The van der Waals surface area contributed by atoms with E-state index in [1.165, 1.54) is 22.3 Å². The maximum Gasteiger partial charge on any atom is -0.00713 e. The molecule has 0 aliphatic heterocycles. The molecule has 1 rings (SSSR count). The molecule has 0 radical (unpaired) electrons. The van der Waals surface area contributed by atoms with Gasteiger partial charge in [-0.2, -0.15) is 0 Å². The van der Waals surface area contributed by atoms with Crippen LogP contribution in [0.3, 0.4) is 0 Å². The summed E-state index contributed by atoms with van der Waals surface area (Å²) in [6.07, 6.45) is 1.08. The van der Waals surface area contributed by atoms with Gasteiger partial charge >= 0.3 is 0 Å². The fourth-order valence-electron chi connectivity index (χ4n) is 2.41. The number of hydrogen-bond acceptors (Lipinski definition) is 1. The highest BCUT2D eigenvalue weighted by atomic mass is 14.5. The Kier molecular flexibility index (Phi) is 4.55. The van der Waals surface area contributed by atoms with Crippen molar-refractivity contribution in [3.8, 4) is 0 Å². The van der Waals surface area contributed by atoms with Crippen molar-refractivity contribution in [2.45, 2.75) is 47.0 Å². The molecule has 0 aromatic heterocycles. The van der Waals surface area contributed by atoms with Crippen LogP contribution in [0.5, 0.6) is 0 Å². The van der Waals surface area contributed by atoms with Crippen molar-refractivity contribution in [3.63, 3.8) is 0 Å². The molecule has 1 nitrogen and oxygen atoms in total. The molecule has 0 saturated heterocycles. The maximum atomic E-state index is 5.72. The first kappa shape index (κ1) is 13.2. The molecule has 1 unspecified atom stereocenters. The van der Waals surface area contributed by atoms with Gasteiger partial charge in [-0.25, -0.2) is 0 Å². The van der Waals surface area contributed by atoms with Crippen LogP contribution in [0, 0.1) is 26.7 Å². The van der Waals surface area contributed by atoms with Gasteiger partial charge in [-0.05, 0) is 67.8 Å². The molecule has 1 atom stereocenters. The molecule has 1 aromatic rings. The van der Waals surface area contributed by atoms with Crippen molar-refractivity contribution in [3.05, 3.63) is 34.4 Å². The minimum Gasteiger partial charge on any atom is -0.330 e. The molecule has 0 aliphatic rings. The second-order valence-electron chi connectivity index (χ2n) is 5.22. The van der Waals surface area contributed by atoms with E-state index in [4.69, 9.17) is 5.73 Å². The molecule has 16 heavy (non-hydrogen) atoms. The van der Waals surface area contributed by atoms with Gasteiger partial charge in [-0.3, -0.25) is 0 Å². The molecular formula is C15H25N. The van der Waals surface area contributed by atoms with Crippen molar-refractivity contribution in [1.82, 2.24) is 0 Å². The van der Waals surface area contributed by atoms with Crippen molar-refractivity contribution >= 4 is 0 Å². The fourth-order valence-corrected chi connectivity index (χ4v) is 2.41. The van der Waals surface area contributed by atoms with Gasteiger partial charge in [0.05, 0.1) is 0 Å². The predicted octanol–water partition coefficient (Wildman–Crippen LogP) is 3.70. The third-order valence-electron chi connectivity index (χ3n) is 3.56. The molecular weight excluding hydrogens is 194 g/mol. The first-order valence-electron chi connectivity index (χ1n) is 6.25. The standard InChI is InChI=1S/C15H25N/c1-10(2)14(6-7-16)15-9-12(4)11(3)8-13(15)5/h8-10,14H,6-7,16H2,1-5H3. The van der Waals surface area contributed by atoms with Gasteiger partial charge in [0.2, 0.25) is 0 Å². The maximum absolute atomic E-state index is 5.72. The van der Waals surface area contributed by atoms with Gasteiger partial charge < -0.3 is 5.73 Å².